The Balaban J connectivity index is 3.26. The second-order valence-electron chi connectivity index (χ2n) is 5.19. The minimum Gasteiger partial charge on any atom is -0.385 e. The Labute approximate surface area is 106 Å². The van der Waals surface area contributed by atoms with E-state index in [1.165, 1.54) is 0 Å². The van der Waals surface area contributed by atoms with E-state index in [2.05, 4.69) is 12.2 Å². The SMILES string of the molecule is COCCCNCC(C)OCCOC(C)(C)C. The summed E-state index contributed by atoms with van der Waals surface area (Å²) in [6.07, 6.45) is 1.26. The van der Waals surface area contributed by atoms with Crippen LogP contribution in [-0.4, -0.2) is 51.7 Å². The molecule has 0 aromatic heterocycles. The summed E-state index contributed by atoms with van der Waals surface area (Å²) in [5.41, 5.74) is -0.0784. The summed E-state index contributed by atoms with van der Waals surface area (Å²) >= 11 is 0. The first kappa shape index (κ1) is 16.8. The van der Waals surface area contributed by atoms with Crippen molar-refractivity contribution < 1.29 is 14.2 Å². The lowest BCUT2D eigenvalue weighted by atomic mass is 10.2. The van der Waals surface area contributed by atoms with Gasteiger partial charge in [-0.2, -0.15) is 0 Å². The van der Waals surface area contributed by atoms with E-state index < -0.39 is 0 Å². The molecule has 0 aliphatic rings. The Morgan fingerprint density at radius 1 is 1.12 bits per heavy atom. The lowest BCUT2D eigenvalue weighted by molar-refractivity contribution is -0.0479. The summed E-state index contributed by atoms with van der Waals surface area (Å²) in [6.45, 7) is 12.2. The van der Waals surface area contributed by atoms with Gasteiger partial charge in [-0.25, -0.2) is 0 Å². The molecule has 0 amide bonds. The first-order chi connectivity index (χ1) is 7.95. The molecule has 0 heterocycles. The molecule has 0 aliphatic carbocycles. The van der Waals surface area contributed by atoms with E-state index >= 15 is 0 Å². The third-order valence-electron chi connectivity index (χ3n) is 2.15. The number of ether oxygens (including phenoxy) is 3. The molecule has 0 aromatic carbocycles. The van der Waals surface area contributed by atoms with Gasteiger partial charge in [0.25, 0.3) is 0 Å². The molecule has 4 nitrogen and oxygen atoms in total. The molecule has 0 aliphatic heterocycles. The third-order valence-corrected chi connectivity index (χ3v) is 2.15. The van der Waals surface area contributed by atoms with Gasteiger partial charge < -0.3 is 19.5 Å². The topological polar surface area (TPSA) is 39.7 Å². The van der Waals surface area contributed by atoms with E-state index in [1.807, 2.05) is 20.8 Å². The van der Waals surface area contributed by atoms with Crippen molar-refractivity contribution in [3.63, 3.8) is 0 Å². The van der Waals surface area contributed by atoms with E-state index in [4.69, 9.17) is 14.2 Å². The zero-order chi connectivity index (χ0) is 13.1. The average Bonchev–Trinajstić information content (AvgIpc) is 2.23. The summed E-state index contributed by atoms with van der Waals surface area (Å²) in [4.78, 5) is 0. The number of nitrogens with one attached hydrogen (secondary N) is 1. The van der Waals surface area contributed by atoms with Crippen molar-refractivity contribution in [1.82, 2.24) is 5.32 Å². The first-order valence-corrected chi connectivity index (χ1v) is 6.41. The molecular formula is C13H29NO3. The zero-order valence-electron chi connectivity index (χ0n) is 12.0. The van der Waals surface area contributed by atoms with Crippen LogP contribution in [0, 0.1) is 0 Å². The van der Waals surface area contributed by atoms with Crippen molar-refractivity contribution in [2.75, 3.05) is 40.0 Å². The van der Waals surface area contributed by atoms with Gasteiger partial charge >= 0.3 is 0 Å². The van der Waals surface area contributed by atoms with E-state index in [1.54, 1.807) is 7.11 Å². The van der Waals surface area contributed by atoms with Crippen LogP contribution in [0.25, 0.3) is 0 Å². The predicted molar refractivity (Wildman–Crippen MR) is 70.5 cm³/mol. The van der Waals surface area contributed by atoms with Crippen LogP contribution in [-0.2, 0) is 14.2 Å². The van der Waals surface area contributed by atoms with Gasteiger partial charge in [-0.3, -0.25) is 0 Å². The van der Waals surface area contributed by atoms with Gasteiger partial charge in [0.1, 0.15) is 0 Å². The van der Waals surface area contributed by atoms with E-state index in [9.17, 15) is 0 Å². The minimum atomic E-state index is -0.0784. The van der Waals surface area contributed by atoms with Gasteiger partial charge in [0.2, 0.25) is 0 Å². The van der Waals surface area contributed by atoms with E-state index in [-0.39, 0.29) is 11.7 Å². The van der Waals surface area contributed by atoms with Crippen molar-refractivity contribution >= 4 is 0 Å². The number of hydrogen-bond acceptors (Lipinski definition) is 4. The molecule has 0 fully saturated rings. The molecule has 1 atom stereocenters. The molecule has 0 bridgehead atoms. The fraction of sp³-hybridized carbons (Fsp3) is 1.00. The maximum atomic E-state index is 5.63. The molecule has 104 valence electrons. The van der Waals surface area contributed by atoms with E-state index in [0.29, 0.717) is 13.2 Å². The molecule has 17 heavy (non-hydrogen) atoms. The average molecular weight is 247 g/mol. The highest BCUT2D eigenvalue weighted by Crippen LogP contribution is 2.05. The highest BCUT2D eigenvalue weighted by molar-refractivity contribution is 4.59. The fourth-order valence-electron chi connectivity index (χ4n) is 1.30. The summed E-state index contributed by atoms with van der Waals surface area (Å²) < 4.78 is 16.2. The number of rotatable bonds is 10. The van der Waals surface area contributed by atoms with Crippen LogP contribution in [0.2, 0.25) is 0 Å². The van der Waals surface area contributed by atoms with Gasteiger partial charge in [-0.05, 0) is 40.7 Å². The molecule has 0 radical (unpaired) electrons. The van der Waals surface area contributed by atoms with Gasteiger partial charge in [0.15, 0.2) is 0 Å². The Hall–Kier alpha value is -0.160. The van der Waals surface area contributed by atoms with Crippen molar-refractivity contribution in [2.45, 2.75) is 45.8 Å². The summed E-state index contributed by atoms with van der Waals surface area (Å²) in [7, 11) is 1.72. The van der Waals surface area contributed by atoms with Crippen molar-refractivity contribution in [2.24, 2.45) is 0 Å². The molecule has 0 saturated heterocycles. The summed E-state index contributed by atoms with van der Waals surface area (Å²) in [6, 6.07) is 0. The fourth-order valence-corrected chi connectivity index (χ4v) is 1.30. The molecule has 1 unspecified atom stereocenters. The molecule has 0 aromatic rings. The summed E-state index contributed by atoms with van der Waals surface area (Å²) in [5, 5.41) is 3.33. The standard InChI is InChI=1S/C13H29NO3/c1-12(11-14-7-6-8-15-5)16-9-10-17-13(2,3)4/h12,14H,6-11H2,1-5H3. The van der Waals surface area contributed by atoms with Crippen molar-refractivity contribution in [3.05, 3.63) is 0 Å². The van der Waals surface area contributed by atoms with Gasteiger partial charge in [-0.15, -0.1) is 0 Å². The lowest BCUT2D eigenvalue weighted by Gasteiger charge is -2.20. The predicted octanol–water partition coefficient (Wildman–Crippen LogP) is 1.83. The van der Waals surface area contributed by atoms with Crippen molar-refractivity contribution in [3.8, 4) is 0 Å². The van der Waals surface area contributed by atoms with Crippen LogP contribution >= 0.6 is 0 Å². The molecule has 0 spiro atoms. The van der Waals surface area contributed by atoms with Crippen LogP contribution in [0.3, 0.4) is 0 Å². The largest absolute Gasteiger partial charge is 0.385 e. The molecule has 0 saturated carbocycles. The first-order valence-electron chi connectivity index (χ1n) is 6.41. The molecule has 1 N–H and O–H groups in total. The van der Waals surface area contributed by atoms with Crippen LogP contribution < -0.4 is 5.32 Å². The second-order valence-corrected chi connectivity index (χ2v) is 5.19. The second kappa shape index (κ2) is 9.83. The van der Waals surface area contributed by atoms with Crippen LogP contribution in [0.1, 0.15) is 34.1 Å². The molecule has 0 rings (SSSR count). The molecular weight excluding hydrogens is 218 g/mol. The minimum absolute atomic E-state index is 0.0784. The zero-order valence-corrected chi connectivity index (χ0v) is 12.0. The van der Waals surface area contributed by atoms with Crippen LogP contribution in [0.5, 0.6) is 0 Å². The highest BCUT2D eigenvalue weighted by atomic mass is 16.5. The van der Waals surface area contributed by atoms with Gasteiger partial charge in [0.05, 0.1) is 24.9 Å². The smallest absolute Gasteiger partial charge is 0.0707 e. The Bertz CT molecular complexity index is 169. The van der Waals surface area contributed by atoms with Crippen LogP contribution in [0.4, 0.5) is 0 Å². The number of hydrogen-bond donors (Lipinski definition) is 1. The summed E-state index contributed by atoms with van der Waals surface area (Å²) in [5.74, 6) is 0. The Kier molecular flexibility index (Phi) is 9.74. The maximum absolute atomic E-state index is 5.63. The lowest BCUT2D eigenvalue weighted by Crippen LogP contribution is -2.30. The Morgan fingerprint density at radius 3 is 2.41 bits per heavy atom. The highest BCUT2D eigenvalue weighted by Gasteiger charge is 2.09. The third kappa shape index (κ3) is 13.8. The normalized spacial score (nSPS) is 13.9. The number of methoxy groups -OCH3 is 1. The van der Waals surface area contributed by atoms with E-state index in [0.717, 1.165) is 26.1 Å². The van der Waals surface area contributed by atoms with Gasteiger partial charge in [-0.1, -0.05) is 0 Å². The quantitative estimate of drug-likeness (QED) is 0.598. The monoisotopic (exact) mass is 247 g/mol. The Morgan fingerprint density at radius 2 is 1.82 bits per heavy atom. The maximum Gasteiger partial charge on any atom is 0.0707 e. The van der Waals surface area contributed by atoms with Crippen LogP contribution in [0.15, 0.2) is 0 Å². The molecule has 4 heteroatoms. The van der Waals surface area contributed by atoms with Crippen molar-refractivity contribution in [1.29, 1.82) is 0 Å². The van der Waals surface area contributed by atoms with Gasteiger partial charge in [0, 0.05) is 20.3 Å².